The minimum Gasteiger partial charge on any atom is -0.497 e. The molecule has 0 bridgehead atoms. The van der Waals surface area contributed by atoms with E-state index < -0.39 is 0 Å². The van der Waals surface area contributed by atoms with E-state index in [-0.39, 0.29) is 6.03 Å². The predicted octanol–water partition coefficient (Wildman–Crippen LogP) is 4.51. The molecule has 1 aromatic heterocycles. The van der Waals surface area contributed by atoms with Crippen molar-refractivity contribution in [3.05, 3.63) is 65.4 Å². The SMILES string of the molecule is CCCCOc1nc2c(c(N(Cc3ccc(OC)cc3)Cc3ccc(OC)cc3)n1)NC(=O)NC2. The van der Waals surface area contributed by atoms with Gasteiger partial charge < -0.3 is 29.7 Å². The molecule has 35 heavy (non-hydrogen) atoms. The van der Waals surface area contributed by atoms with Gasteiger partial charge in [0.25, 0.3) is 0 Å². The number of anilines is 2. The summed E-state index contributed by atoms with van der Waals surface area (Å²) in [6.45, 7) is 4.05. The van der Waals surface area contributed by atoms with Crippen LogP contribution in [-0.2, 0) is 19.6 Å². The van der Waals surface area contributed by atoms with E-state index in [1.807, 2.05) is 48.5 Å². The maximum Gasteiger partial charge on any atom is 0.319 e. The Morgan fingerprint density at radius 1 is 0.914 bits per heavy atom. The second-order valence-electron chi connectivity index (χ2n) is 8.21. The molecule has 184 valence electrons. The van der Waals surface area contributed by atoms with Gasteiger partial charge in [-0.15, -0.1) is 0 Å². The molecule has 9 heteroatoms. The Kier molecular flexibility index (Phi) is 7.87. The average Bonchev–Trinajstić information content (AvgIpc) is 2.89. The average molecular weight is 478 g/mol. The Morgan fingerprint density at radius 2 is 1.51 bits per heavy atom. The second kappa shape index (κ2) is 11.4. The Hall–Kier alpha value is -4.01. The van der Waals surface area contributed by atoms with Gasteiger partial charge in [0, 0.05) is 13.1 Å². The van der Waals surface area contributed by atoms with Crippen molar-refractivity contribution in [1.82, 2.24) is 15.3 Å². The van der Waals surface area contributed by atoms with E-state index in [1.165, 1.54) is 0 Å². The quantitative estimate of drug-likeness (QED) is 0.392. The number of unbranched alkanes of at least 4 members (excludes halogenated alkanes) is 1. The van der Waals surface area contributed by atoms with Crippen molar-refractivity contribution < 1.29 is 19.0 Å². The van der Waals surface area contributed by atoms with Gasteiger partial charge in [0.05, 0.1) is 33.1 Å². The molecule has 2 N–H and O–H groups in total. The van der Waals surface area contributed by atoms with Crippen molar-refractivity contribution >= 4 is 17.5 Å². The molecule has 0 radical (unpaired) electrons. The van der Waals surface area contributed by atoms with Crippen LogP contribution in [0.4, 0.5) is 16.3 Å². The third-order valence-electron chi connectivity index (χ3n) is 5.69. The molecule has 0 atom stereocenters. The highest BCUT2D eigenvalue weighted by Gasteiger charge is 2.25. The predicted molar refractivity (Wildman–Crippen MR) is 134 cm³/mol. The van der Waals surface area contributed by atoms with E-state index in [1.54, 1.807) is 14.2 Å². The molecule has 1 aliphatic rings. The number of hydrogen-bond donors (Lipinski definition) is 2. The van der Waals surface area contributed by atoms with Crippen molar-refractivity contribution in [3.63, 3.8) is 0 Å². The minimum absolute atomic E-state index is 0.282. The molecule has 0 spiro atoms. The fourth-order valence-corrected chi connectivity index (χ4v) is 3.76. The number of nitrogens with zero attached hydrogens (tertiary/aromatic N) is 3. The first kappa shape index (κ1) is 24.1. The van der Waals surface area contributed by atoms with Crippen molar-refractivity contribution in [3.8, 4) is 17.5 Å². The number of carbonyl (C=O) groups is 1. The van der Waals surface area contributed by atoms with Gasteiger partial charge in [-0.1, -0.05) is 37.6 Å². The Balaban J connectivity index is 1.73. The van der Waals surface area contributed by atoms with Gasteiger partial charge in [0.1, 0.15) is 17.2 Å². The number of fused-ring (bicyclic) bond motifs is 1. The molecule has 1 aliphatic heterocycles. The Morgan fingerprint density at radius 3 is 2.06 bits per heavy atom. The summed E-state index contributed by atoms with van der Waals surface area (Å²) < 4.78 is 16.5. The van der Waals surface area contributed by atoms with Crippen molar-refractivity contribution in [2.24, 2.45) is 0 Å². The van der Waals surface area contributed by atoms with Crippen molar-refractivity contribution in [2.45, 2.75) is 39.4 Å². The second-order valence-corrected chi connectivity index (χ2v) is 8.21. The highest BCUT2D eigenvalue weighted by Crippen LogP contribution is 2.33. The number of urea groups is 1. The van der Waals surface area contributed by atoms with Gasteiger partial charge in [0.2, 0.25) is 0 Å². The maximum absolute atomic E-state index is 12.2. The summed E-state index contributed by atoms with van der Waals surface area (Å²) in [6, 6.07) is 15.8. The van der Waals surface area contributed by atoms with Crippen LogP contribution in [0, 0.1) is 0 Å². The molecule has 9 nitrogen and oxygen atoms in total. The first-order chi connectivity index (χ1) is 17.1. The van der Waals surface area contributed by atoms with Crippen LogP contribution in [0.25, 0.3) is 0 Å². The summed E-state index contributed by atoms with van der Waals surface area (Å²) in [5, 5.41) is 5.68. The minimum atomic E-state index is -0.282. The summed E-state index contributed by atoms with van der Waals surface area (Å²) in [5.41, 5.74) is 3.43. The zero-order valence-corrected chi connectivity index (χ0v) is 20.3. The smallest absolute Gasteiger partial charge is 0.319 e. The maximum atomic E-state index is 12.2. The molecule has 2 heterocycles. The van der Waals surface area contributed by atoms with Crippen LogP contribution in [0.5, 0.6) is 17.5 Å². The number of benzene rings is 2. The number of carbonyl (C=O) groups excluding carboxylic acids is 1. The van der Waals surface area contributed by atoms with Gasteiger partial charge in [-0.05, 0) is 41.8 Å². The van der Waals surface area contributed by atoms with Gasteiger partial charge in [-0.3, -0.25) is 0 Å². The number of rotatable bonds is 11. The molecule has 0 unspecified atom stereocenters. The lowest BCUT2D eigenvalue weighted by Gasteiger charge is -2.29. The normalized spacial score (nSPS) is 12.3. The number of ether oxygens (including phenoxy) is 3. The van der Waals surface area contributed by atoms with Gasteiger partial charge in [0.15, 0.2) is 5.82 Å². The van der Waals surface area contributed by atoms with E-state index in [9.17, 15) is 4.79 Å². The van der Waals surface area contributed by atoms with Crippen molar-refractivity contribution in [1.29, 1.82) is 0 Å². The number of amides is 2. The molecule has 3 aromatic rings. The molecular weight excluding hydrogens is 446 g/mol. The fourth-order valence-electron chi connectivity index (χ4n) is 3.76. The monoisotopic (exact) mass is 477 g/mol. The molecule has 0 fully saturated rings. The number of hydrogen-bond acceptors (Lipinski definition) is 7. The molecule has 0 saturated heterocycles. The van der Waals surface area contributed by atoms with E-state index in [4.69, 9.17) is 19.2 Å². The summed E-state index contributed by atoms with van der Waals surface area (Å²) in [5.74, 6) is 2.20. The zero-order chi connectivity index (χ0) is 24.6. The van der Waals surface area contributed by atoms with Crippen LogP contribution in [0.15, 0.2) is 48.5 Å². The number of nitrogens with one attached hydrogen (secondary N) is 2. The number of methoxy groups -OCH3 is 2. The third-order valence-corrected chi connectivity index (χ3v) is 5.69. The molecule has 2 aromatic carbocycles. The first-order valence-electron chi connectivity index (χ1n) is 11.7. The van der Waals surface area contributed by atoms with Gasteiger partial charge in [-0.25, -0.2) is 4.79 Å². The van der Waals surface area contributed by atoms with Gasteiger partial charge >= 0.3 is 12.0 Å². The zero-order valence-electron chi connectivity index (χ0n) is 20.3. The lowest BCUT2D eigenvalue weighted by molar-refractivity contribution is 0.250. The van der Waals surface area contributed by atoms with E-state index in [2.05, 4.69) is 27.4 Å². The third kappa shape index (κ3) is 6.11. The van der Waals surface area contributed by atoms with Crippen LogP contribution < -0.4 is 29.7 Å². The Labute approximate surface area is 205 Å². The van der Waals surface area contributed by atoms with Crippen LogP contribution in [0.1, 0.15) is 36.6 Å². The fraction of sp³-hybridized carbons (Fsp3) is 0.346. The van der Waals surface area contributed by atoms with Gasteiger partial charge in [-0.2, -0.15) is 9.97 Å². The topological polar surface area (TPSA) is 97.8 Å². The summed E-state index contributed by atoms with van der Waals surface area (Å²) in [4.78, 5) is 23.6. The standard InChI is InChI=1S/C26H31N5O4/c1-4-5-14-35-26-28-22-15-27-25(32)29-23(22)24(30-26)31(16-18-6-10-20(33-2)11-7-18)17-19-8-12-21(34-3)13-9-19/h6-13H,4-5,14-17H2,1-3H3,(H2,27,29,32). The lowest BCUT2D eigenvalue weighted by atomic mass is 10.1. The Bertz CT molecular complexity index is 1090. The van der Waals surface area contributed by atoms with Crippen molar-refractivity contribution in [2.75, 3.05) is 31.0 Å². The highest BCUT2D eigenvalue weighted by atomic mass is 16.5. The molecular formula is C26H31N5O4. The van der Waals surface area contributed by atoms with Crippen LogP contribution in [0.2, 0.25) is 0 Å². The molecule has 4 rings (SSSR count). The van der Waals surface area contributed by atoms with E-state index in [0.29, 0.717) is 49.5 Å². The highest BCUT2D eigenvalue weighted by molar-refractivity contribution is 5.95. The lowest BCUT2D eigenvalue weighted by Crippen LogP contribution is -2.36. The van der Waals surface area contributed by atoms with Crippen LogP contribution in [-0.4, -0.2) is 36.8 Å². The van der Waals surface area contributed by atoms with Crippen LogP contribution in [0.3, 0.4) is 0 Å². The summed E-state index contributed by atoms with van der Waals surface area (Å²) in [7, 11) is 3.30. The molecule has 2 amide bonds. The summed E-state index contributed by atoms with van der Waals surface area (Å²) in [6.07, 6.45) is 1.92. The molecule has 0 aliphatic carbocycles. The van der Waals surface area contributed by atoms with Crippen LogP contribution >= 0.6 is 0 Å². The first-order valence-corrected chi connectivity index (χ1v) is 11.7. The van der Waals surface area contributed by atoms with E-state index in [0.717, 1.165) is 35.5 Å². The number of aromatic nitrogens is 2. The van der Waals surface area contributed by atoms with E-state index >= 15 is 0 Å². The largest absolute Gasteiger partial charge is 0.497 e. The molecule has 0 saturated carbocycles. The summed E-state index contributed by atoms with van der Waals surface area (Å²) >= 11 is 0.